The van der Waals surface area contributed by atoms with E-state index in [1.165, 1.54) is 0 Å². The number of nitrogens with one attached hydrogen (secondary N) is 1. The summed E-state index contributed by atoms with van der Waals surface area (Å²) < 4.78 is 16.3. The van der Waals surface area contributed by atoms with Gasteiger partial charge in [0, 0.05) is 38.2 Å². The van der Waals surface area contributed by atoms with Gasteiger partial charge in [0.2, 0.25) is 0 Å². The molecule has 1 fully saturated rings. The summed E-state index contributed by atoms with van der Waals surface area (Å²) in [5, 5.41) is 3.46. The van der Waals surface area contributed by atoms with Crippen LogP contribution in [0, 0.1) is 5.92 Å². The fourth-order valence-electron chi connectivity index (χ4n) is 3.63. The molecule has 0 radical (unpaired) electrons. The van der Waals surface area contributed by atoms with Crippen LogP contribution in [0.25, 0.3) is 0 Å². The lowest BCUT2D eigenvalue weighted by molar-refractivity contribution is 0.0536. The summed E-state index contributed by atoms with van der Waals surface area (Å²) in [5.74, 6) is 2.42. The van der Waals surface area contributed by atoms with E-state index in [-0.39, 0.29) is 30.0 Å². The Bertz CT molecular complexity index is 630. The highest BCUT2D eigenvalue weighted by Gasteiger charge is 2.26. The van der Waals surface area contributed by atoms with Crippen LogP contribution in [0.1, 0.15) is 24.9 Å². The fourth-order valence-corrected chi connectivity index (χ4v) is 3.63. The highest BCUT2D eigenvalue weighted by Crippen LogP contribution is 2.28. The van der Waals surface area contributed by atoms with Crippen LogP contribution < -0.4 is 10.1 Å². The van der Waals surface area contributed by atoms with E-state index in [1.54, 1.807) is 14.2 Å². The van der Waals surface area contributed by atoms with Gasteiger partial charge in [-0.05, 0) is 33.5 Å². The zero-order valence-corrected chi connectivity index (χ0v) is 21.4. The number of para-hydroxylation sites is 1. The van der Waals surface area contributed by atoms with Crippen molar-refractivity contribution >= 4 is 29.9 Å². The highest BCUT2D eigenvalue weighted by molar-refractivity contribution is 14.0. The molecule has 0 aromatic heterocycles. The second-order valence-electron chi connectivity index (χ2n) is 7.58. The molecule has 1 aromatic rings. The van der Waals surface area contributed by atoms with Gasteiger partial charge in [0.05, 0.1) is 39.5 Å². The van der Waals surface area contributed by atoms with Crippen LogP contribution in [0.5, 0.6) is 5.75 Å². The summed E-state index contributed by atoms with van der Waals surface area (Å²) >= 11 is 0. The number of hydrogen-bond acceptors (Lipinski definition) is 5. The van der Waals surface area contributed by atoms with Crippen LogP contribution in [0.3, 0.4) is 0 Å². The zero-order valence-electron chi connectivity index (χ0n) is 19.1. The molecule has 1 aliphatic rings. The molecule has 1 aliphatic heterocycles. The first kappa shape index (κ1) is 26.9. The van der Waals surface area contributed by atoms with Gasteiger partial charge < -0.3 is 29.3 Å². The quantitative estimate of drug-likeness (QED) is 0.204. The zero-order chi connectivity index (χ0) is 21.1. The number of nitrogens with zero attached hydrogens (tertiary/aromatic N) is 3. The van der Waals surface area contributed by atoms with Gasteiger partial charge >= 0.3 is 0 Å². The van der Waals surface area contributed by atoms with Crippen LogP contribution in [-0.4, -0.2) is 90.1 Å². The van der Waals surface area contributed by atoms with E-state index in [0.717, 1.165) is 49.9 Å². The van der Waals surface area contributed by atoms with Gasteiger partial charge in [-0.2, -0.15) is 0 Å². The predicted octanol–water partition coefficient (Wildman–Crippen LogP) is 2.87. The fraction of sp³-hybridized carbons (Fsp3) is 0.682. The minimum absolute atomic E-state index is 0. The molecule has 30 heavy (non-hydrogen) atoms. The lowest BCUT2D eigenvalue weighted by atomic mass is 10.0. The minimum Gasteiger partial charge on any atom is -0.496 e. The molecule has 2 rings (SSSR count). The van der Waals surface area contributed by atoms with Crippen molar-refractivity contribution in [1.29, 1.82) is 0 Å². The molecule has 0 bridgehead atoms. The second-order valence-corrected chi connectivity index (χ2v) is 7.58. The number of rotatable bonds is 11. The van der Waals surface area contributed by atoms with Gasteiger partial charge in [-0.1, -0.05) is 18.2 Å². The van der Waals surface area contributed by atoms with Gasteiger partial charge in [0.25, 0.3) is 0 Å². The number of likely N-dealkylation sites (N-methyl/N-ethyl adjacent to an activating group) is 1. The van der Waals surface area contributed by atoms with E-state index >= 15 is 0 Å². The number of hydrogen-bond donors (Lipinski definition) is 1. The smallest absolute Gasteiger partial charge is 0.193 e. The largest absolute Gasteiger partial charge is 0.496 e. The van der Waals surface area contributed by atoms with Crippen molar-refractivity contribution in [2.45, 2.75) is 19.4 Å². The summed E-state index contributed by atoms with van der Waals surface area (Å²) in [5.41, 5.74) is 1.16. The van der Waals surface area contributed by atoms with E-state index in [4.69, 9.17) is 19.2 Å². The van der Waals surface area contributed by atoms with E-state index < -0.39 is 0 Å². The van der Waals surface area contributed by atoms with Gasteiger partial charge in [-0.15, -0.1) is 24.0 Å². The van der Waals surface area contributed by atoms with Crippen molar-refractivity contribution in [3.05, 3.63) is 29.8 Å². The maximum absolute atomic E-state index is 5.73. The van der Waals surface area contributed by atoms with E-state index in [9.17, 15) is 0 Å². The second kappa shape index (κ2) is 14.8. The number of guanidine groups is 1. The predicted molar refractivity (Wildman–Crippen MR) is 133 cm³/mol. The van der Waals surface area contributed by atoms with Crippen molar-refractivity contribution in [3.63, 3.8) is 0 Å². The topological polar surface area (TPSA) is 58.6 Å². The van der Waals surface area contributed by atoms with Crippen molar-refractivity contribution in [2.75, 3.05) is 74.3 Å². The van der Waals surface area contributed by atoms with Crippen molar-refractivity contribution < 1.29 is 14.2 Å². The van der Waals surface area contributed by atoms with E-state index in [2.05, 4.69) is 48.3 Å². The van der Waals surface area contributed by atoms with Crippen LogP contribution in [0.4, 0.5) is 0 Å². The molecule has 172 valence electrons. The molecule has 1 saturated heterocycles. The summed E-state index contributed by atoms with van der Waals surface area (Å²) in [6.45, 7) is 7.69. The molecule has 1 heterocycles. The Kier molecular flexibility index (Phi) is 13.3. The number of likely N-dealkylation sites (tertiary alicyclic amines) is 1. The summed E-state index contributed by atoms with van der Waals surface area (Å²) in [4.78, 5) is 9.53. The number of halogens is 1. The molecule has 0 aliphatic carbocycles. The first-order valence-corrected chi connectivity index (χ1v) is 10.5. The normalized spacial score (nSPS) is 17.7. The van der Waals surface area contributed by atoms with Crippen molar-refractivity contribution in [2.24, 2.45) is 10.9 Å². The minimum atomic E-state index is 0. The highest BCUT2D eigenvalue weighted by atomic mass is 127. The Morgan fingerprint density at radius 2 is 2.03 bits per heavy atom. The Labute approximate surface area is 199 Å². The molecular formula is C22H39IN4O3. The molecule has 1 aromatic carbocycles. The molecule has 8 heteroatoms. The average molecular weight is 534 g/mol. The maximum atomic E-state index is 5.73. The molecule has 0 spiro atoms. The number of benzene rings is 1. The van der Waals surface area contributed by atoms with Crippen molar-refractivity contribution in [3.8, 4) is 5.75 Å². The maximum Gasteiger partial charge on any atom is 0.193 e. The van der Waals surface area contributed by atoms with Gasteiger partial charge in [-0.3, -0.25) is 4.99 Å². The first-order valence-electron chi connectivity index (χ1n) is 10.5. The van der Waals surface area contributed by atoms with E-state index in [1.807, 2.05) is 12.1 Å². The van der Waals surface area contributed by atoms with E-state index in [0.29, 0.717) is 25.7 Å². The van der Waals surface area contributed by atoms with Crippen LogP contribution >= 0.6 is 24.0 Å². The van der Waals surface area contributed by atoms with Crippen LogP contribution in [0.15, 0.2) is 29.3 Å². The molecule has 7 nitrogen and oxygen atoms in total. The molecule has 2 unspecified atom stereocenters. The lowest BCUT2D eigenvalue weighted by Gasteiger charge is -2.27. The SMILES string of the molecule is CCNC(=NCC(c1ccccc1OC)N(C)C)N1CCC(COCCOC)C1.I. The van der Waals surface area contributed by atoms with Gasteiger partial charge in [0.1, 0.15) is 5.75 Å². The Morgan fingerprint density at radius 1 is 1.27 bits per heavy atom. The van der Waals surface area contributed by atoms with Crippen LogP contribution in [0.2, 0.25) is 0 Å². The third-order valence-corrected chi connectivity index (χ3v) is 5.24. The summed E-state index contributed by atoms with van der Waals surface area (Å²) in [7, 11) is 7.59. The van der Waals surface area contributed by atoms with Crippen molar-refractivity contribution in [1.82, 2.24) is 15.1 Å². The average Bonchev–Trinajstić information content (AvgIpc) is 3.19. The molecule has 2 atom stereocenters. The summed E-state index contributed by atoms with van der Waals surface area (Å²) in [6, 6.07) is 8.33. The van der Waals surface area contributed by atoms with Crippen LogP contribution in [-0.2, 0) is 9.47 Å². The Balaban J connectivity index is 0.00000450. The van der Waals surface area contributed by atoms with Gasteiger partial charge in [0.15, 0.2) is 5.96 Å². The van der Waals surface area contributed by atoms with Gasteiger partial charge in [-0.25, -0.2) is 0 Å². The third-order valence-electron chi connectivity index (χ3n) is 5.24. The molecule has 1 N–H and O–H groups in total. The molecule has 0 amide bonds. The first-order chi connectivity index (χ1) is 14.1. The monoisotopic (exact) mass is 534 g/mol. The number of ether oxygens (including phenoxy) is 3. The molecule has 0 saturated carbocycles. The molecular weight excluding hydrogens is 495 g/mol. The Hall–Kier alpha value is -1.10. The Morgan fingerprint density at radius 3 is 2.70 bits per heavy atom. The third kappa shape index (κ3) is 8.20. The lowest BCUT2D eigenvalue weighted by Crippen LogP contribution is -2.41. The number of methoxy groups -OCH3 is 2. The summed E-state index contributed by atoms with van der Waals surface area (Å²) in [6.07, 6.45) is 1.13. The standard InChI is InChI=1S/C22H38N4O3.HI/c1-6-23-22(26-12-11-18(16-26)17-29-14-13-27-4)24-15-20(25(2)3)19-9-7-8-10-21(19)28-5;/h7-10,18,20H,6,11-17H2,1-5H3,(H,23,24);1H. The number of aliphatic imine (C=N–C) groups is 1.